The molecule has 12 heteroatoms. The molecule has 7 nitrogen and oxygen atoms in total. The molecular weight excluding hydrogens is 406 g/mol. The van der Waals surface area contributed by atoms with Gasteiger partial charge in [-0.1, -0.05) is 0 Å². The number of amides is 1. The van der Waals surface area contributed by atoms with Gasteiger partial charge < -0.3 is 0 Å². The van der Waals surface area contributed by atoms with E-state index in [1.807, 2.05) is 0 Å². The van der Waals surface area contributed by atoms with Crippen molar-refractivity contribution in [3.8, 4) is 0 Å². The maximum absolute atomic E-state index is 14.0. The third-order valence-electron chi connectivity index (χ3n) is 3.74. The predicted octanol–water partition coefficient (Wildman–Crippen LogP) is 2.36. The average Bonchev–Trinajstić information content (AvgIpc) is 2.66. The monoisotopic (exact) mass is 421 g/mol. The highest BCUT2D eigenvalue weighted by molar-refractivity contribution is 7.89. The first-order valence-electron chi connectivity index (χ1n) is 7.74. The molecule has 0 radical (unpaired) electrons. The summed E-state index contributed by atoms with van der Waals surface area (Å²) in [5.41, 5.74) is 1.50. The van der Waals surface area contributed by atoms with Crippen molar-refractivity contribution in [2.75, 3.05) is 0 Å². The highest BCUT2D eigenvalue weighted by atomic mass is 32.2. The third kappa shape index (κ3) is 4.13. The van der Waals surface area contributed by atoms with Gasteiger partial charge in [-0.15, -0.1) is 0 Å². The van der Waals surface area contributed by atoms with E-state index in [1.54, 1.807) is 0 Å². The van der Waals surface area contributed by atoms with E-state index in [4.69, 9.17) is 5.21 Å². The van der Waals surface area contributed by atoms with Crippen molar-refractivity contribution in [1.82, 2.24) is 14.8 Å². The van der Waals surface area contributed by atoms with Crippen LogP contribution < -0.4 is 5.48 Å². The second kappa shape index (κ2) is 8.20. The molecule has 0 bridgehead atoms. The fraction of sp³-hybridized carbons (Fsp3) is 0.250. The van der Waals surface area contributed by atoms with Crippen LogP contribution in [-0.4, -0.2) is 34.9 Å². The van der Waals surface area contributed by atoms with Crippen LogP contribution in [0.1, 0.15) is 29.9 Å². The van der Waals surface area contributed by atoms with Gasteiger partial charge in [0.1, 0.15) is 4.90 Å². The Morgan fingerprint density at radius 2 is 1.82 bits per heavy atom. The topological polar surface area (TPSA) is 99.6 Å². The number of aromatic nitrogens is 1. The van der Waals surface area contributed by atoms with Gasteiger partial charge in [-0.05, 0) is 26.0 Å². The van der Waals surface area contributed by atoms with Gasteiger partial charge in [-0.25, -0.2) is 31.5 Å². The molecule has 152 valence electrons. The van der Waals surface area contributed by atoms with Crippen molar-refractivity contribution in [3.05, 3.63) is 58.9 Å². The Hall–Kier alpha value is -2.57. The summed E-state index contributed by atoms with van der Waals surface area (Å²) in [7, 11) is -4.77. The first-order valence-corrected chi connectivity index (χ1v) is 9.18. The van der Waals surface area contributed by atoms with E-state index in [-0.39, 0.29) is 17.3 Å². The van der Waals surface area contributed by atoms with E-state index in [2.05, 4.69) is 4.98 Å². The van der Waals surface area contributed by atoms with Crippen molar-refractivity contribution in [1.29, 1.82) is 0 Å². The molecule has 1 aromatic heterocycles. The molecule has 0 saturated carbocycles. The zero-order chi connectivity index (χ0) is 21.2. The zero-order valence-corrected chi connectivity index (χ0v) is 15.4. The molecule has 1 heterocycles. The number of carbonyl (C=O) groups is 1. The fourth-order valence-corrected chi connectivity index (χ4v) is 3.97. The molecule has 0 unspecified atom stereocenters. The number of pyridine rings is 1. The molecule has 1 amide bonds. The lowest BCUT2D eigenvalue weighted by Gasteiger charge is -2.26. The summed E-state index contributed by atoms with van der Waals surface area (Å²) in [4.78, 5) is 13.8. The van der Waals surface area contributed by atoms with E-state index in [9.17, 15) is 30.8 Å². The maximum atomic E-state index is 14.0. The van der Waals surface area contributed by atoms with E-state index in [0.29, 0.717) is 4.31 Å². The van der Waals surface area contributed by atoms with E-state index >= 15 is 0 Å². The first kappa shape index (κ1) is 21.7. The summed E-state index contributed by atoms with van der Waals surface area (Å²) in [6.07, 6.45) is 1.06. The van der Waals surface area contributed by atoms with Crippen LogP contribution in [0.3, 0.4) is 0 Å². The smallest absolute Gasteiger partial charge is 0.276 e. The van der Waals surface area contributed by atoms with Gasteiger partial charge in [0, 0.05) is 18.3 Å². The number of hydrogen-bond acceptors (Lipinski definition) is 5. The van der Waals surface area contributed by atoms with Gasteiger partial charge >= 0.3 is 0 Å². The minimum Gasteiger partial charge on any atom is -0.288 e. The molecule has 28 heavy (non-hydrogen) atoms. The molecule has 2 N–H and O–H groups in total. The molecule has 0 fully saturated rings. The van der Waals surface area contributed by atoms with Crippen LogP contribution >= 0.6 is 0 Å². The Bertz CT molecular complexity index is 998. The van der Waals surface area contributed by atoms with Crippen LogP contribution in [0.2, 0.25) is 0 Å². The second-order valence-electron chi connectivity index (χ2n) is 5.92. The van der Waals surface area contributed by atoms with Gasteiger partial charge in [0.15, 0.2) is 23.3 Å². The van der Waals surface area contributed by atoms with E-state index < -0.39 is 56.7 Å². The first-order chi connectivity index (χ1) is 13.0. The number of nitrogens with one attached hydrogen (secondary N) is 1. The number of nitrogens with zero attached hydrogens (tertiary/aromatic N) is 2. The van der Waals surface area contributed by atoms with Crippen LogP contribution in [-0.2, 0) is 16.6 Å². The number of sulfonamides is 1. The number of carbonyl (C=O) groups excluding carboxylic acids is 1. The lowest BCUT2D eigenvalue weighted by molar-refractivity contribution is 0.0706. The van der Waals surface area contributed by atoms with Gasteiger partial charge in [-0.3, -0.25) is 15.0 Å². The normalized spacial score (nSPS) is 11.9. The van der Waals surface area contributed by atoms with Crippen molar-refractivity contribution >= 4 is 15.9 Å². The largest absolute Gasteiger partial charge is 0.288 e. The standard InChI is InChI=1S/C16H15F4N3O4S/c1-8(2)23(7-10-4-3-9(6-21-10)16(24)22-25)28(26,27)12-5-11(17)13(18)15(20)14(12)19/h3-6,8,25H,7H2,1-2H3,(H,22,24). The van der Waals surface area contributed by atoms with Gasteiger partial charge in [-0.2, -0.15) is 4.31 Å². The summed E-state index contributed by atoms with van der Waals surface area (Å²) in [6.45, 7) is 2.43. The lowest BCUT2D eigenvalue weighted by atomic mass is 10.2. The number of hydroxylamine groups is 1. The Labute approximate surface area is 157 Å². The zero-order valence-electron chi connectivity index (χ0n) is 14.6. The van der Waals surface area contributed by atoms with Crippen LogP contribution in [0.15, 0.2) is 29.3 Å². The number of rotatable bonds is 6. The van der Waals surface area contributed by atoms with Crippen molar-refractivity contribution in [3.63, 3.8) is 0 Å². The summed E-state index contributed by atoms with van der Waals surface area (Å²) in [5, 5.41) is 8.56. The third-order valence-corrected chi connectivity index (χ3v) is 5.76. The number of hydrogen-bond donors (Lipinski definition) is 2. The molecule has 0 atom stereocenters. The quantitative estimate of drug-likeness (QED) is 0.245. The SMILES string of the molecule is CC(C)N(Cc1ccc(C(=O)NO)cn1)S(=O)(=O)c1cc(F)c(F)c(F)c1F. The van der Waals surface area contributed by atoms with Gasteiger partial charge in [0.2, 0.25) is 10.0 Å². The van der Waals surface area contributed by atoms with Crippen LogP contribution in [0.4, 0.5) is 17.6 Å². The van der Waals surface area contributed by atoms with Gasteiger partial charge in [0.05, 0.1) is 17.8 Å². The van der Waals surface area contributed by atoms with Gasteiger partial charge in [0.25, 0.3) is 5.91 Å². The average molecular weight is 421 g/mol. The molecule has 0 spiro atoms. The number of halogens is 4. The Morgan fingerprint density at radius 1 is 1.18 bits per heavy atom. The van der Waals surface area contributed by atoms with Crippen LogP contribution in [0.5, 0.6) is 0 Å². The van der Waals surface area contributed by atoms with E-state index in [1.165, 1.54) is 31.5 Å². The second-order valence-corrected chi connectivity index (χ2v) is 7.78. The molecule has 0 aliphatic carbocycles. The molecule has 0 aliphatic rings. The van der Waals surface area contributed by atoms with Crippen LogP contribution in [0, 0.1) is 23.3 Å². The van der Waals surface area contributed by atoms with Crippen molar-refractivity contribution in [2.24, 2.45) is 0 Å². The number of benzene rings is 1. The maximum Gasteiger partial charge on any atom is 0.276 e. The molecular formula is C16H15F4N3O4S. The fourth-order valence-electron chi connectivity index (χ4n) is 2.29. The van der Waals surface area contributed by atoms with Crippen molar-refractivity contribution < 1.29 is 36.0 Å². The highest BCUT2D eigenvalue weighted by Crippen LogP contribution is 2.27. The Kier molecular flexibility index (Phi) is 6.37. The summed E-state index contributed by atoms with van der Waals surface area (Å²) in [6, 6.07) is 1.80. The Morgan fingerprint density at radius 3 is 2.32 bits per heavy atom. The predicted molar refractivity (Wildman–Crippen MR) is 87.6 cm³/mol. The molecule has 0 aliphatic heterocycles. The molecule has 2 rings (SSSR count). The summed E-state index contributed by atoms with van der Waals surface area (Å²) >= 11 is 0. The van der Waals surface area contributed by atoms with Crippen molar-refractivity contribution in [2.45, 2.75) is 31.3 Å². The lowest BCUT2D eigenvalue weighted by Crippen LogP contribution is -2.37. The minimum absolute atomic E-state index is 0.0149. The molecule has 2 aromatic rings. The highest BCUT2D eigenvalue weighted by Gasteiger charge is 2.33. The molecule has 0 saturated heterocycles. The van der Waals surface area contributed by atoms with E-state index in [0.717, 1.165) is 6.20 Å². The Balaban J connectivity index is 2.45. The minimum atomic E-state index is -4.77. The molecule has 1 aromatic carbocycles. The summed E-state index contributed by atoms with van der Waals surface area (Å²) < 4.78 is 80.3. The van der Waals surface area contributed by atoms with Crippen LogP contribution in [0.25, 0.3) is 0 Å². The summed E-state index contributed by atoms with van der Waals surface area (Å²) in [5.74, 6) is -9.08.